The van der Waals surface area contributed by atoms with Crippen LogP contribution in [0.15, 0.2) is 109 Å². The van der Waals surface area contributed by atoms with Crippen LogP contribution in [0.2, 0.25) is 0 Å². The standard InChI is InChI=1S/C37H43N2O4.BrH/c1-7-42-34(40)24-16-26-38-30-20-14-12-18-28(30)36(3,4)32(38)22-10-9-11-23-33-37(5,6)29-19-13-15-21-31(29)39(33)27-17-25-35(41)43-8-2;/h9-25H,7-8,26-27H2,1-6H3;1H/q+1;/p-1/b24-16+,25-17+;. The molecular formula is C37H43BrN2O4. The molecule has 0 atom stereocenters. The second-order valence-corrected chi connectivity index (χ2v) is 11.5. The number of ether oxygens (including phenoxy) is 2. The number of halogens is 1. The van der Waals surface area contributed by atoms with Crippen molar-refractivity contribution in [2.45, 2.75) is 52.4 Å². The molecule has 0 saturated heterocycles. The normalized spacial score (nSPS) is 17.6. The summed E-state index contributed by atoms with van der Waals surface area (Å²) in [5.74, 6) is -0.658. The fourth-order valence-electron chi connectivity index (χ4n) is 5.92. The van der Waals surface area contributed by atoms with Crippen molar-refractivity contribution < 1.29 is 40.6 Å². The zero-order valence-corrected chi connectivity index (χ0v) is 28.1. The van der Waals surface area contributed by atoms with Gasteiger partial charge in [0.05, 0.1) is 18.6 Å². The second kappa shape index (κ2) is 15.2. The smallest absolute Gasteiger partial charge is 0.330 e. The van der Waals surface area contributed by atoms with Crippen molar-refractivity contribution in [1.82, 2.24) is 0 Å². The van der Waals surface area contributed by atoms with Crippen LogP contribution in [0.1, 0.15) is 52.7 Å². The van der Waals surface area contributed by atoms with Gasteiger partial charge in [0.15, 0.2) is 12.3 Å². The monoisotopic (exact) mass is 658 g/mol. The number of carbonyl (C=O) groups excluding carboxylic acids is 2. The Bertz CT molecular complexity index is 1540. The molecule has 6 nitrogen and oxygen atoms in total. The van der Waals surface area contributed by atoms with Gasteiger partial charge in [0, 0.05) is 53.2 Å². The van der Waals surface area contributed by atoms with Crippen LogP contribution in [-0.4, -0.2) is 48.5 Å². The molecule has 0 radical (unpaired) electrons. The maximum absolute atomic E-state index is 11.9. The summed E-state index contributed by atoms with van der Waals surface area (Å²) >= 11 is 0. The highest BCUT2D eigenvalue weighted by atomic mass is 79.9. The highest BCUT2D eigenvalue weighted by Gasteiger charge is 2.43. The summed E-state index contributed by atoms with van der Waals surface area (Å²) in [4.78, 5) is 26.0. The van der Waals surface area contributed by atoms with Gasteiger partial charge < -0.3 is 31.4 Å². The van der Waals surface area contributed by atoms with Gasteiger partial charge in [-0.2, -0.15) is 4.58 Å². The first-order valence-electron chi connectivity index (χ1n) is 15.0. The van der Waals surface area contributed by atoms with E-state index in [0.717, 1.165) is 22.8 Å². The fourth-order valence-corrected chi connectivity index (χ4v) is 5.92. The van der Waals surface area contributed by atoms with Gasteiger partial charge in [-0.25, -0.2) is 9.59 Å². The molecule has 0 fully saturated rings. The van der Waals surface area contributed by atoms with E-state index in [9.17, 15) is 9.59 Å². The first-order valence-corrected chi connectivity index (χ1v) is 15.0. The minimum Gasteiger partial charge on any atom is -1.00 e. The number of rotatable bonds is 11. The number of benzene rings is 2. The van der Waals surface area contributed by atoms with E-state index < -0.39 is 0 Å². The Morgan fingerprint density at radius 1 is 0.795 bits per heavy atom. The first kappa shape index (κ1) is 34.5. The van der Waals surface area contributed by atoms with Gasteiger partial charge in [-0.3, -0.25) is 0 Å². The predicted octanol–water partition coefficient (Wildman–Crippen LogP) is 4.10. The Balaban J connectivity index is 0.00000529. The van der Waals surface area contributed by atoms with E-state index in [1.165, 1.54) is 23.3 Å². The Kier molecular flexibility index (Phi) is 11.9. The third kappa shape index (κ3) is 7.39. The Morgan fingerprint density at radius 2 is 1.41 bits per heavy atom. The molecule has 0 spiro atoms. The molecule has 0 bridgehead atoms. The lowest BCUT2D eigenvalue weighted by Crippen LogP contribution is -3.00. The van der Waals surface area contributed by atoms with E-state index in [-0.39, 0.29) is 39.8 Å². The van der Waals surface area contributed by atoms with Crippen molar-refractivity contribution in [2.75, 3.05) is 31.2 Å². The summed E-state index contributed by atoms with van der Waals surface area (Å²) in [7, 11) is 0. The summed E-state index contributed by atoms with van der Waals surface area (Å²) in [5.41, 5.74) is 6.69. The number of carbonyl (C=O) groups is 2. The number of para-hydroxylation sites is 2. The molecule has 0 amide bonds. The summed E-state index contributed by atoms with van der Waals surface area (Å²) < 4.78 is 12.4. The molecule has 232 valence electrons. The van der Waals surface area contributed by atoms with Gasteiger partial charge in [-0.1, -0.05) is 74.5 Å². The molecule has 4 rings (SSSR count). The zero-order valence-electron chi connectivity index (χ0n) is 26.5. The average Bonchev–Trinajstić information content (AvgIpc) is 3.32. The zero-order chi connectivity index (χ0) is 31.0. The molecule has 0 aromatic heterocycles. The quantitative estimate of drug-likeness (QED) is 0.158. The summed E-state index contributed by atoms with van der Waals surface area (Å²) in [6, 6.07) is 16.8. The highest BCUT2D eigenvalue weighted by Crippen LogP contribution is 2.47. The van der Waals surface area contributed by atoms with Gasteiger partial charge in [-0.05, 0) is 51.5 Å². The molecule has 2 aromatic carbocycles. The van der Waals surface area contributed by atoms with Gasteiger partial charge in [0.1, 0.15) is 0 Å². The van der Waals surface area contributed by atoms with Crippen LogP contribution in [0.4, 0.5) is 11.4 Å². The predicted molar refractivity (Wildman–Crippen MR) is 174 cm³/mol. The van der Waals surface area contributed by atoms with E-state index >= 15 is 0 Å². The molecule has 0 aliphatic carbocycles. The Hall–Kier alpha value is -3.97. The molecule has 0 unspecified atom stereocenters. The summed E-state index contributed by atoms with van der Waals surface area (Å²) in [5, 5.41) is 0. The van der Waals surface area contributed by atoms with E-state index in [1.807, 2.05) is 24.3 Å². The first-order chi connectivity index (χ1) is 20.6. The highest BCUT2D eigenvalue weighted by molar-refractivity contribution is 6.03. The van der Waals surface area contributed by atoms with Crippen molar-refractivity contribution in [1.29, 1.82) is 0 Å². The molecule has 44 heavy (non-hydrogen) atoms. The fraction of sp³-hybridized carbons (Fsp3) is 0.324. The van der Waals surface area contributed by atoms with Crippen LogP contribution in [-0.2, 0) is 29.9 Å². The number of anilines is 1. The van der Waals surface area contributed by atoms with Crippen molar-refractivity contribution in [3.8, 4) is 0 Å². The van der Waals surface area contributed by atoms with Gasteiger partial charge in [-0.15, -0.1) is 0 Å². The van der Waals surface area contributed by atoms with Crippen LogP contribution < -0.4 is 21.9 Å². The van der Waals surface area contributed by atoms with Crippen molar-refractivity contribution in [2.24, 2.45) is 0 Å². The molecule has 2 aliphatic heterocycles. The molecule has 0 N–H and O–H groups in total. The van der Waals surface area contributed by atoms with E-state index in [2.05, 4.69) is 104 Å². The lowest BCUT2D eigenvalue weighted by molar-refractivity contribution is -0.425. The average molecular weight is 660 g/mol. The maximum Gasteiger partial charge on any atom is 0.330 e. The second-order valence-electron chi connectivity index (χ2n) is 11.5. The van der Waals surface area contributed by atoms with E-state index in [0.29, 0.717) is 26.3 Å². The number of fused-ring (bicyclic) bond motifs is 2. The summed E-state index contributed by atoms with van der Waals surface area (Å²) in [6.45, 7) is 14.4. The largest absolute Gasteiger partial charge is 1.00 e. The Labute approximate surface area is 272 Å². The van der Waals surface area contributed by atoms with E-state index in [1.54, 1.807) is 13.8 Å². The van der Waals surface area contributed by atoms with E-state index in [4.69, 9.17) is 9.47 Å². The van der Waals surface area contributed by atoms with Crippen molar-refractivity contribution in [3.05, 3.63) is 120 Å². The minimum absolute atomic E-state index is 0. The summed E-state index contributed by atoms with van der Waals surface area (Å²) in [6.07, 6.45) is 17.2. The lowest BCUT2D eigenvalue weighted by atomic mass is 9.81. The van der Waals surface area contributed by atoms with Gasteiger partial charge in [0.25, 0.3) is 0 Å². The molecular weight excluding hydrogens is 616 g/mol. The number of allylic oxidation sites excluding steroid dienone is 6. The van der Waals surface area contributed by atoms with Crippen LogP contribution in [0.25, 0.3) is 0 Å². The SMILES string of the molecule is CCOC(=O)/C=C/CN1/C(=C/C=C/C=C/C2=[N+](C/C=C/C(=O)OCC)c3ccccc3C2(C)C)C(C)(C)c2ccccc21.[Br-]. The lowest BCUT2D eigenvalue weighted by Gasteiger charge is -2.26. The third-order valence-corrected chi connectivity index (χ3v) is 7.99. The Morgan fingerprint density at radius 3 is 2.09 bits per heavy atom. The van der Waals surface area contributed by atoms with Crippen LogP contribution in [0.5, 0.6) is 0 Å². The van der Waals surface area contributed by atoms with Crippen LogP contribution in [0, 0.1) is 0 Å². The number of hydrogen-bond acceptors (Lipinski definition) is 5. The molecule has 2 heterocycles. The number of nitrogens with zero attached hydrogens (tertiary/aromatic N) is 2. The maximum atomic E-state index is 11.9. The third-order valence-electron chi connectivity index (χ3n) is 7.99. The molecule has 2 aromatic rings. The van der Waals surface area contributed by atoms with Crippen LogP contribution in [0.3, 0.4) is 0 Å². The van der Waals surface area contributed by atoms with Crippen LogP contribution >= 0.6 is 0 Å². The van der Waals surface area contributed by atoms with Gasteiger partial charge in [0.2, 0.25) is 5.69 Å². The molecule has 7 heteroatoms. The topological polar surface area (TPSA) is 58.8 Å². The molecule has 2 aliphatic rings. The van der Waals surface area contributed by atoms with Gasteiger partial charge >= 0.3 is 11.9 Å². The van der Waals surface area contributed by atoms with Crippen molar-refractivity contribution >= 4 is 29.0 Å². The minimum atomic E-state index is -0.329. The number of hydrogen-bond donors (Lipinski definition) is 0. The van der Waals surface area contributed by atoms with Crippen molar-refractivity contribution in [3.63, 3.8) is 0 Å². The molecule has 0 saturated carbocycles. The number of esters is 2.